The number of aromatic nitrogens is 6. The fourth-order valence-electron chi connectivity index (χ4n) is 6.45. The summed E-state index contributed by atoms with van der Waals surface area (Å²) in [6, 6.07) is 13.9. The number of benzene rings is 2. The lowest BCUT2D eigenvalue weighted by Crippen LogP contribution is -2.33. The molecule has 338 valence electrons. The van der Waals surface area contributed by atoms with Gasteiger partial charge >= 0.3 is 17.5 Å². The number of carbonyl (C=O) groups is 1. The molecule has 2 aliphatic rings. The first kappa shape index (κ1) is 48.4. The summed E-state index contributed by atoms with van der Waals surface area (Å²) in [5.74, 6) is 0.977. The van der Waals surface area contributed by atoms with Crippen molar-refractivity contribution in [1.29, 1.82) is 0 Å². The van der Waals surface area contributed by atoms with Crippen molar-refractivity contribution in [2.75, 3.05) is 60.0 Å². The Labute approximate surface area is 364 Å². The average molecular weight is 873 g/mol. The Hall–Kier alpha value is -7.26. The summed E-state index contributed by atoms with van der Waals surface area (Å²) in [6.45, 7) is 2.38. The molecule has 0 aliphatic carbocycles. The standard InChI is InChI=1S/C21H26N6O6.C19H22N6O3.2CH4/c1-2-32-21(29)26-12-14-7-6-9-16(11-14)33-10-5-3-4-8-15(13-28)23-20-24-18(22)17(27(30)31)19(26)25-20;20-16-15-17-24-18(23-16)21-13(11-26)6-2-1-3-8-28-14-7-4-5-12(9-14)10-25(17)19(27)22-15;;/h3,5-7,9,11,15,28H,2,4,8,10,12-13H2,1H3,(H3,22,23,24,25);1,3-5,7,9,13,26H,2,6,8,10-11H2,(H,22,27)(H3,20,21,23,24);2*1H4/b5-3+;3-1+;;. The molecule has 63 heavy (non-hydrogen) atoms. The van der Waals surface area contributed by atoms with Crippen molar-refractivity contribution in [2.24, 2.45) is 0 Å². The van der Waals surface area contributed by atoms with E-state index in [1.807, 2.05) is 48.6 Å². The summed E-state index contributed by atoms with van der Waals surface area (Å²) in [7, 11) is 0. The molecule has 2 unspecified atom stereocenters. The van der Waals surface area contributed by atoms with Gasteiger partial charge in [-0.2, -0.15) is 19.9 Å². The minimum absolute atomic E-state index is 0. The van der Waals surface area contributed by atoms with E-state index in [0.717, 1.165) is 22.6 Å². The normalized spacial score (nSPS) is 17.3. The number of nitro groups is 1. The van der Waals surface area contributed by atoms with Crippen LogP contribution in [-0.4, -0.2) is 95.8 Å². The van der Waals surface area contributed by atoms with Crippen LogP contribution in [0.15, 0.2) is 77.6 Å². The third-order valence-electron chi connectivity index (χ3n) is 9.44. The van der Waals surface area contributed by atoms with Gasteiger partial charge in [-0.1, -0.05) is 63.4 Å². The molecule has 0 saturated heterocycles. The highest BCUT2D eigenvalue weighted by atomic mass is 16.6. The van der Waals surface area contributed by atoms with Gasteiger partial charge in [0.1, 0.15) is 30.2 Å². The lowest BCUT2D eigenvalue weighted by Gasteiger charge is -2.23. The number of nitrogens with one attached hydrogen (secondary N) is 3. The maximum absolute atomic E-state index is 12.8. The van der Waals surface area contributed by atoms with Crippen LogP contribution in [0.1, 0.15) is 58.6 Å². The van der Waals surface area contributed by atoms with Crippen LogP contribution < -0.4 is 42.2 Å². The van der Waals surface area contributed by atoms with E-state index < -0.39 is 28.6 Å². The molecular formula is C42H56N12O9. The number of aliphatic hydroxyl groups is 2. The number of aliphatic hydroxyl groups excluding tert-OH is 2. The predicted octanol–water partition coefficient (Wildman–Crippen LogP) is 5.16. The van der Waals surface area contributed by atoms with Crippen LogP contribution >= 0.6 is 0 Å². The SMILES string of the molecule is C.C.CCOC(=O)N1Cc2cccc(c2)OC/C=C/CCC(CO)Nc2nc(N)c([N+](=O)[O-])c1n2.Nc1nc2nc3c1[nH]c(=O)n3Cc1cccc(c1)OC/C=C/CCC(CO)N2. The molecule has 0 radical (unpaired) electrons. The van der Waals surface area contributed by atoms with Crippen LogP contribution in [0.4, 0.5) is 39.8 Å². The molecule has 21 nitrogen and oxygen atoms in total. The Kier molecular flexibility index (Phi) is 17.7. The minimum Gasteiger partial charge on any atom is -0.490 e. The van der Waals surface area contributed by atoms with Crippen molar-refractivity contribution < 1.29 is 34.1 Å². The van der Waals surface area contributed by atoms with E-state index >= 15 is 0 Å². The lowest BCUT2D eigenvalue weighted by atomic mass is 10.1. The molecule has 9 N–H and O–H groups in total. The van der Waals surface area contributed by atoms with Gasteiger partial charge in [0.05, 0.1) is 49.9 Å². The zero-order valence-electron chi connectivity index (χ0n) is 33.4. The number of anilines is 5. The number of nitrogen functional groups attached to an aromatic ring is 2. The molecule has 2 aliphatic heterocycles. The van der Waals surface area contributed by atoms with E-state index in [4.69, 9.17) is 25.7 Å². The number of ether oxygens (including phenoxy) is 3. The monoisotopic (exact) mass is 872 g/mol. The van der Waals surface area contributed by atoms with E-state index in [9.17, 15) is 29.9 Å². The summed E-state index contributed by atoms with van der Waals surface area (Å²) in [5, 5.41) is 37.2. The number of aromatic amines is 1. The largest absolute Gasteiger partial charge is 0.490 e. The lowest BCUT2D eigenvalue weighted by molar-refractivity contribution is -0.383. The predicted molar refractivity (Wildman–Crippen MR) is 241 cm³/mol. The molecule has 2 aromatic carbocycles. The van der Waals surface area contributed by atoms with Gasteiger partial charge in [0.25, 0.3) is 0 Å². The molecule has 5 aromatic rings. The van der Waals surface area contributed by atoms with Crippen molar-refractivity contribution >= 4 is 52.3 Å². The second-order valence-electron chi connectivity index (χ2n) is 13.9. The molecule has 1 amide bonds. The first-order valence-corrected chi connectivity index (χ1v) is 19.6. The van der Waals surface area contributed by atoms with Crippen LogP contribution in [0.2, 0.25) is 0 Å². The van der Waals surface area contributed by atoms with Crippen molar-refractivity contribution in [3.05, 3.63) is 105 Å². The van der Waals surface area contributed by atoms with Crippen LogP contribution in [0.25, 0.3) is 11.2 Å². The number of carbonyl (C=O) groups excluding carboxylic acids is 1. The second kappa shape index (κ2) is 23.1. The van der Waals surface area contributed by atoms with Gasteiger partial charge in [-0.3, -0.25) is 19.6 Å². The zero-order chi connectivity index (χ0) is 43.3. The maximum Gasteiger partial charge on any atom is 0.415 e. The summed E-state index contributed by atoms with van der Waals surface area (Å²) in [4.78, 5) is 57.0. The molecule has 0 spiro atoms. The minimum atomic E-state index is -0.835. The van der Waals surface area contributed by atoms with Crippen molar-refractivity contribution in [3.63, 3.8) is 0 Å². The molecule has 8 bridgehead atoms. The number of fused-ring (bicyclic) bond motifs is 7. The molecule has 5 heterocycles. The topological polar surface area (TPSA) is 297 Å². The van der Waals surface area contributed by atoms with Crippen LogP contribution in [0.5, 0.6) is 11.5 Å². The first-order chi connectivity index (χ1) is 29.6. The quantitative estimate of drug-likeness (QED) is 0.0697. The molecule has 0 saturated carbocycles. The number of nitrogens with zero attached hydrogens (tertiary/aromatic N) is 7. The van der Waals surface area contributed by atoms with E-state index in [1.54, 1.807) is 31.2 Å². The number of hydrogen-bond donors (Lipinski definition) is 7. The number of H-pyrrole nitrogens is 1. The highest BCUT2D eigenvalue weighted by Crippen LogP contribution is 2.34. The van der Waals surface area contributed by atoms with Gasteiger partial charge in [0.2, 0.25) is 23.5 Å². The number of imidazole rings is 1. The van der Waals surface area contributed by atoms with Crippen LogP contribution in [0, 0.1) is 10.1 Å². The van der Waals surface area contributed by atoms with Gasteiger partial charge in [-0.15, -0.1) is 0 Å². The molecule has 3 aromatic heterocycles. The molecule has 7 rings (SSSR count). The van der Waals surface area contributed by atoms with Gasteiger partial charge in [-0.25, -0.2) is 9.59 Å². The number of hydrogen-bond acceptors (Lipinski definition) is 17. The van der Waals surface area contributed by atoms with E-state index in [2.05, 4.69) is 35.6 Å². The summed E-state index contributed by atoms with van der Waals surface area (Å²) < 4.78 is 18.1. The first-order valence-electron chi connectivity index (χ1n) is 19.6. The summed E-state index contributed by atoms with van der Waals surface area (Å²) in [6.07, 6.45) is 9.53. The summed E-state index contributed by atoms with van der Waals surface area (Å²) >= 11 is 0. The van der Waals surface area contributed by atoms with Gasteiger partial charge in [-0.05, 0) is 68.0 Å². The molecular weight excluding hydrogens is 817 g/mol. The zero-order valence-corrected chi connectivity index (χ0v) is 33.4. The fraction of sp³-hybridized carbons (Fsp3) is 0.381. The molecule has 2 atom stereocenters. The number of rotatable bonds is 4. The second-order valence-corrected chi connectivity index (χ2v) is 13.9. The van der Waals surface area contributed by atoms with Crippen LogP contribution in [0.3, 0.4) is 0 Å². The van der Waals surface area contributed by atoms with Crippen molar-refractivity contribution in [2.45, 2.75) is 72.6 Å². The average Bonchev–Trinajstić information content (AvgIpc) is 3.55. The molecule has 21 heteroatoms. The fourth-order valence-corrected chi connectivity index (χ4v) is 6.45. The third-order valence-corrected chi connectivity index (χ3v) is 9.44. The van der Waals surface area contributed by atoms with E-state index in [1.165, 1.54) is 4.57 Å². The highest BCUT2D eigenvalue weighted by Gasteiger charge is 2.32. The van der Waals surface area contributed by atoms with E-state index in [0.29, 0.717) is 61.5 Å². The Morgan fingerprint density at radius 3 is 1.97 bits per heavy atom. The van der Waals surface area contributed by atoms with Crippen molar-refractivity contribution in [1.82, 2.24) is 29.5 Å². The number of nitrogens with two attached hydrogens (primary N) is 2. The summed E-state index contributed by atoms with van der Waals surface area (Å²) in [5.41, 5.74) is 13.3. The Morgan fingerprint density at radius 2 is 1.41 bits per heavy atom. The van der Waals surface area contributed by atoms with Gasteiger partial charge < -0.3 is 51.5 Å². The number of amides is 1. The third kappa shape index (κ3) is 12.6. The Balaban J connectivity index is 0.000000271. The van der Waals surface area contributed by atoms with Gasteiger partial charge in [0, 0.05) is 0 Å². The number of allylic oxidation sites excluding steroid dienone is 2. The Morgan fingerprint density at radius 1 is 0.857 bits per heavy atom. The van der Waals surface area contributed by atoms with E-state index in [-0.39, 0.29) is 76.5 Å². The van der Waals surface area contributed by atoms with Gasteiger partial charge in [0.15, 0.2) is 11.5 Å². The van der Waals surface area contributed by atoms with Crippen LogP contribution in [-0.2, 0) is 17.8 Å². The smallest absolute Gasteiger partial charge is 0.415 e. The van der Waals surface area contributed by atoms with Crippen molar-refractivity contribution in [3.8, 4) is 11.5 Å². The Bertz CT molecular complexity index is 2440. The molecule has 0 fully saturated rings. The maximum atomic E-state index is 12.8. The highest BCUT2D eigenvalue weighted by molar-refractivity contribution is 5.91.